The second kappa shape index (κ2) is 6.50. The highest BCUT2D eigenvalue weighted by Crippen LogP contribution is 2.29. The average molecular weight is 324 g/mol. The fraction of sp³-hybridized carbons (Fsp3) is 0.250. The Hall–Kier alpha value is -1.52. The molecule has 2 aromatic rings. The van der Waals surface area contributed by atoms with Crippen molar-refractivity contribution < 1.29 is 8.42 Å². The smallest absolute Gasteiger partial charge is 0.263 e. The highest BCUT2D eigenvalue weighted by Gasteiger charge is 2.19. The van der Waals surface area contributed by atoms with Crippen molar-refractivity contribution in [1.29, 1.82) is 0 Å². The topological polar surface area (TPSA) is 46.2 Å². The van der Waals surface area contributed by atoms with Crippen LogP contribution in [0.15, 0.2) is 53.4 Å². The summed E-state index contributed by atoms with van der Waals surface area (Å²) >= 11 is 5.99. The highest BCUT2D eigenvalue weighted by atomic mass is 35.5. The summed E-state index contributed by atoms with van der Waals surface area (Å²) in [6.07, 6.45) is 0.935. The molecule has 5 heteroatoms. The van der Waals surface area contributed by atoms with E-state index in [9.17, 15) is 8.42 Å². The number of halogens is 1. The standard InChI is InChI=1S/C16H18ClNO2S/c1-3-12(2)13-8-4-6-10-15(13)18-21(19,20)16-11-7-5-9-14(16)17/h4-12,18H,3H2,1-2H3/t12-/m0/s1. The Bertz CT molecular complexity index is 729. The van der Waals surface area contributed by atoms with E-state index in [1.54, 1.807) is 24.3 Å². The molecular weight excluding hydrogens is 306 g/mol. The van der Waals surface area contributed by atoms with Crippen LogP contribution < -0.4 is 4.72 Å². The third kappa shape index (κ3) is 3.57. The first-order chi connectivity index (χ1) is 9.95. The average Bonchev–Trinajstić information content (AvgIpc) is 2.47. The summed E-state index contributed by atoms with van der Waals surface area (Å²) < 4.78 is 27.6. The minimum Gasteiger partial charge on any atom is -0.279 e. The van der Waals surface area contributed by atoms with Gasteiger partial charge in [0, 0.05) is 0 Å². The van der Waals surface area contributed by atoms with Crippen molar-refractivity contribution in [3.05, 3.63) is 59.1 Å². The molecule has 0 heterocycles. The number of anilines is 1. The Balaban J connectivity index is 2.41. The monoisotopic (exact) mass is 323 g/mol. The molecule has 0 aliphatic carbocycles. The van der Waals surface area contributed by atoms with Gasteiger partial charge < -0.3 is 0 Å². The van der Waals surface area contributed by atoms with Crippen molar-refractivity contribution in [2.75, 3.05) is 4.72 Å². The maximum absolute atomic E-state index is 12.5. The molecule has 0 saturated heterocycles. The van der Waals surface area contributed by atoms with Gasteiger partial charge in [-0.15, -0.1) is 0 Å². The van der Waals surface area contributed by atoms with Crippen molar-refractivity contribution in [3.63, 3.8) is 0 Å². The molecule has 112 valence electrons. The van der Waals surface area contributed by atoms with Crippen LogP contribution in [0, 0.1) is 0 Å². The summed E-state index contributed by atoms with van der Waals surface area (Å²) in [5.41, 5.74) is 1.59. The lowest BCUT2D eigenvalue weighted by molar-refractivity contribution is 0.601. The second-order valence-corrected chi connectivity index (χ2v) is 6.99. The first kappa shape index (κ1) is 15.9. The molecule has 0 aliphatic heterocycles. The van der Waals surface area contributed by atoms with Crippen LogP contribution in [0.4, 0.5) is 5.69 Å². The zero-order chi connectivity index (χ0) is 15.5. The van der Waals surface area contributed by atoms with E-state index in [4.69, 9.17) is 11.6 Å². The predicted molar refractivity (Wildman–Crippen MR) is 87.4 cm³/mol. The van der Waals surface area contributed by atoms with Crippen molar-refractivity contribution in [1.82, 2.24) is 0 Å². The fourth-order valence-corrected chi connectivity index (χ4v) is 3.71. The van der Waals surface area contributed by atoms with Gasteiger partial charge in [-0.2, -0.15) is 0 Å². The minimum absolute atomic E-state index is 0.0885. The lowest BCUT2D eigenvalue weighted by Gasteiger charge is -2.16. The number of hydrogen-bond acceptors (Lipinski definition) is 2. The van der Waals surface area contributed by atoms with Gasteiger partial charge in [-0.3, -0.25) is 4.72 Å². The molecule has 0 amide bonds. The van der Waals surface area contributed by atoms with Crippen LogP contribution in [0.5, 0.6) is 0 Å². The van der Waals surface area contributed by atoms with Gasteiger partial charge in [0.15, 0.2) is 0 Å². The van der Waals surface area contributed by atoms with Crippen molar-refractivity contribution in [2.24, 2.45) is 0 Å². The molecule has 2 rings (SSSR count). The van der Waals surface area contributed by atoms with E-state index < -0.39 is 10.0 Å². The highest BCUT2D eigenvalue weighted by molar-refractivity contribution is 7.92. The fourth-order valence-electron chi connectivity index (χ4n) is 2.10. The molecule has 1 N–H and O–H groups in total. The van der Waals surface area contributed by atoms with E-state index in [1.807, 2.05) is 18.2 Å². The number of nitrogens with one attached hydrogen (secondary N) is 1. The Morgan fingerprint density at radius 1 is 1.10 bits per heavy atom. The van der Waals surface area contributed by atoms with Crippen LogP contribution in [0.1, 0.15) is 31.7 Å². The van der Waals surface area contributed by atoms with Crippen molar-refractivity contribution in [2.45, 2.75) is 31.1 Å². The number of benzene rings is 2. The Kier molecular flexibility index (Phi) is 4.91. The van der Waals surface area contributed by atoms with E-state index in [2.05, 4.69) is 18.6 Å². The number of rotatable bonds is 5. The summed E-state index contributed by atoms with van der Waals surface area (Å²) in [5.74, 6) is 0.273. The van der Waals surface area contributed by atoms with Crippen LogP contribution in [-0.2, 0) is 10.0 Å². The zero-order valence-electron chi connectivity index (χ0n) is 12.0. The maximum atomic E-state index is 12.5. The molecule has 2 aromatic carbocycles. The number of hydrogen-bond donors (Lipinski definition) is 1. The summed E-state index contributed by atoms with van der Waals surface area (Å²) in [7, 11) is -3.69. The van der Waals surface area contributed by atoms with Crippen LogP contribution in [0.3, 0.4) is 0 Å². The van der Waals surface area contributed by atoms with E-state index in [-0.39, 0.29) is 15.8 Å². The third-order valence-electron chi connectivity index (χ3n) is 3.47. The molecule has 0 unspecified atom stereocenters. The van der Waals surface area contributed by atoms with E-state index in [0.717, 1.165) is 12.0 Å². The van der Waals surface area contributed by atoms with Gasteiger partial charge >= 0.3 is 0 Å². The van der Waals surface area contributed by atoms with Gasteiger partial charge in [0.25, 0.3) is 10.0 Å². The van der Waals surface area contributed by atoms with E-state index in [1.165, 1.54) is 6.07 Å². The molecule has 0 spiro atoms. The molecule has 0 aromatic heterocycles. The Morgan fingerprint density at radius 2 is 1.71 bits per heavy atom. The molecule has 0 fully saturated rings. The Morgan fingerprint density at radius 3 is 2.38 bits per heavy atom. The van der Waals surface area contributed by atoms with Crippen LogP contribution in [0.25, 0.3) is 0 Å². The van der Waals surface area contributed by atoms with Gasteiger partial charge in [-0.1, -0.05) is 55.8 Å². The van der Waals surface area contributed by atoms with Gasteiger partial charge in [0.1, 0.15) is 4.90 Å². The lowest BCUT2D eigenvalue weighted by atomic mass is 9.97. The van der Waals surface area contributed by atoms with Gasteiger partial charge in [-0.05, 0) is 36.1 Å². The summed E-state index contributed by atoms with van der Waals surface area (Å²) in [6, 6.07) is 13.9. The number of sulfonamides is 1. The van der Waals surface area contributed by atoms with Crippen LogP contribution in [0.2, 0.25) is 5.02 Å². The predicted octanol–water partition coefficient (Wildman–Crippen LogP) is 4.65. The van der Waals surface area contributed by atoms with Gasteiger partial charge in [0.05, 0.1) is 10.7 Å². The van der Waals surface area contributed by atoms with E-state index in [0.29, 0.717) is 5.69 Å². The molecule has 3 nitrogen and oxygen atoms in total. The summed E-state index contributed by atoms with van der Waals surface area (Å²) in [4.78, 5) is 0.0885. The van der Waals surface area contributed by atoms with Crippen molar-refractivity contribution >= 4 is 27.3 Å². The van der Waals surface area contributed by atoms with Crippen molar-refractivity contribution in [3.8, 4) is 0 Å². The first-order valence-corrected chi connectivity index (χ1v) is 8.68. The SMILES string of the molecule is CC[C@H](C)c1ccccc1NS(=O)(=O)c1ccccc1Cl. The quantitative estimate of drug-likeness (QED) is 0.870. The minimum atomic E-state index is -3.69. The van der Waals surface area contributed by atoms with Crippen LogP contribution >= 0.6 is 11.6 Å². The third-order valence-corrected chi connectivity index (χ3v) is 5.34. The van der Waals surface area contributed by atoms with Gasteiger partial charge in [-0.25, -0.2) is 8.42 Å². The molecule has 0 bridgehead atoms. The molecular formula is C16H18ClNO2S. The second-order valence-electron chi connectivity index (χ2n) is 4.93. The molecule has 1 atom stereocenters. The van der Waals surface area contributed by atoms with Crippen LogP contribution in [-0.4, -0.2) is 8.42 Å². The normalized spacial score (nSPS) is 12.9. The summed E-state index contributed by atoms with van der Waals surface area (Å²) in [5, 5.41) is 0.214. The van der Waals surface area contributed by atoms with Gasteiger partial charge in [0.2, 0.25) is 0 Å². The van der Waals surface area contributed by atoms with E-state index >= 15 is 0 Å². The number of para-hydroxylation sites is 1. The molecule has 0 aliphatic rings. The Labute approximate surface area is 131 Å². The summed E-state index contributed by atoms with van der Waals surface area (Å²) in [6.45, 7) is 4.15. The molecule has 21 heavy (non-hydrogen) atoms. The maximum Gasteiger partial charge on any atom is 0.263 e. The zero-order valence-corrected chi connectivity index (χ0v) is 13.6. The molecule has 0 saturated carbocycles. The largest absolute Gasteiger partial charge is 0.279 e. The molecule has 0 radical (unpaired) electrons. The first-order valence-electron chi connectivity index (χ1n) is 6.82. The lowest BCUT2D eigenvalue weighted by Crippen LogP contribution is -2.15.